The lowest BCUT2D eigenvalue weighted by molar-refractivity contribution is -0.130. The van der Waals surface area contributed by atoms with Gasteiger partial charge in [0.05, 0.1) is 24.4 Å². The standard InChI is InChI=1S/C17H16FN5O3/c18-17(5-2-6-22(10-17)16(25)26)15(24)21-14-9-23(11-20-14)13-4-1-3-12(7-13)8-19/h1,3-4,7,9,11H,2,5-6,10H2,(H,21,24)(H,25,26). The monoisotopic (exact) mass is 357 g/mol. The number of nitrogens with one attached hydrogen (secondary N) is 1. The normalized spacial score (nSPS) is 19.6. The first-order valence-electron chi connectivity index (χ1n) is 7.94. The van der Waals surface area contributed by atoms with Crippen molar-refractivity contribution in [2.75, 3.05) is 18.4 Å². The maximum absolute atomic E-state index is 14.9. The Balaban J connectivity index is 1.73. The molecule has 8 nitrogen and oxygen atoms in total. The number of amides is 2. The molecule has 0 saturated carbocycles. The van der Waals surface area contributed by atoms with Crippen molar-refractivity contribution in [2.24, 2.45) is 0 Å². The summed E-state index contributed by atoms with van der Waals surface area (Å²) in [5.74, 6) is -0.777. The largest absolute Gasteiger partial charge is 0.465 e. The number of anilines is 1. The number of hydrogen-bond acceptors (Lipinski definition) is 4. The van der Waals surface area contributed by atoms with Crippen LogP contribution in [-0.4, -0.2) is 50.3 Å². The first-order valence-corrected chi connectivity index (χ1v) is 7.94. The van der Waals surface area contributed by atoms with Crippen LogP contribution in [0.2, 0.25) is 0 Å². The number of hydrogen-bond donors (Lipinski definition) is 2. The molecular formula is C17H16FN5O3. The van der Waals surface area contributed by atoms with Gasteiger partial charge in [-0.05, 0) is 31.0 Å². The fraction of sp³-hybridized carbons (Fsp3) is 0.294. The molecule has 1 fully saturated rings. The number of imidazole rings is 1. The highest BCUT2D eigenvalue weighted by Crippen LogP contribution is 2.27. The topological polar surface area (TPSA) is 111 Å². The minimum Gasteiger partial charge on any atom is -0.465 e. The van der Waals surface area contributed by atoms with Crippen molar-refractivity contribution in [1.29, 1.82) is 5.26 Å². The smallest absolute Gasteiger partial charge is 0.407 e. The van der Waals surface area contributed by atoms with Gasteiger partial charge in [0, 0.05) is 12.2 Å². The van der Waals surface area contributed by atoms with E-state index in [0.29, 0.717) is 11.3 Å². The summed E-state index contributed by atoms with van der Waals surface area (Å²) < 4.78 is 16.5. The lowest BCUT2D eigenvalue weighted by Gasteiger charge is -2.34. The molecule has 0 bridgehead atoms. The molecule has 1 aliphatic rings. The predicted octanol–water partition coefficient (Wildman–Crippen LogP) is 2.16. The van der Waals surface area contributed by atoms with Gasteiger partial charge in [0.1, 0.15) is 6.33 Å². The summed E-state index contributed by atoms with van der Waals surface area (Å²) in [6.07, 6.45) is 1.90. The molecule has 2 aromatic rings. The fourth-order valence-electron chi connectivity index (χ4n) is 2.85. The van der Waals surface area contributed by atoms with Gasteiger partial charge in [-0.1, -0.05) is 6.07 Å². The number of nitrogens with zero attached hydrogens (tertiary/aromatic N) is 4. The molecule has 1 aliphatic heterocycles. The van der Waals surface area contributed by atoms with E-state index in [-0.39, 0.29) is 25.2 Å². The average Bonchev–Trinajstić information content (AvgIpc) is 3.10. The van der Waals surface area contributed by atoms with Crippen LogP contribution in [-0.2, 0) is 4.79 Å². The minimum atomic E-state index is -2.29. The van der Waals surface area contributed by atoms with Gasteiger partial charge in [0.15, 0.2) is 5.82 Å². The first kappa shape index (κ1) is 17.4. The molecule has 0 spiro atoms. The zero-order valence-electron chi connectivity index (χ0n) is 13.7. The average molecular weight is 357 g/mol. The zero-order valence-corrected chi connectivity index (χ0v) is 13.7. The van der Waals surface area contributed by atoms with Crippen molar-refractivity contribution >= 4 is 17.8 Å². The van der Waals surface area contributed by atoms with Crippen molar-refractivity contribution in [2.45, 2.75) is 18.5 Å². The summed E-state index contributed by atoms with van der Waals surface area (Å²) in [5.41, 5.74) is -1.15. The van der Waals surface area contributed by atoms with E-state index in [9.17, 15) is 14.0 Å². The first-order chi connectivity index (χ1) is 12.4. The second-order valence-electron chi connectivity index (χ2n) is 6.06. The molecule has 1 unspecified atom stereocenters. The van der Waals surface area contributed by atoms with E-state index in [0.717, 1.165) is 4.90 Å². The van der Waals surface area contributed by atoms with E-state index in [4.69, 9.17) is 10.4 Å². The maximum atomic E-state index is 14.9. The quantitative estimate of drug-likeness (QED) is 0.874. The van der Waals surface area contributed by atoms with Crippen molar-refractivity contribution in [1.82, 2.24) is 14.5 Å². The van der Waals surface area contributed by atoms with Gasteiger partial charge in [0.25, 0.3) is 5.91 Å². The van der Waals surface area contributed by atoms with Crippen LogP contribution in [0.3, 0.4) is 0 Å². The van der Waals surface area contributed by atoms with E-state index < -0.39 is 24.2 Å². The Labute approximate surface area is 148 Å². The summed E-state index contributed by atoms with van der Waals surface area (Å²) in [7, 11) is 0. The molecule has 134 valence electrons. The van der Waals surface area contributed by atoms with Gasteiger partial charge >= 0.3 is 6.09 Å². The van der Waals surface area contributed by atoms with Crippen LogP contribution < -0.4 is 5.32 Å². The number of nitriles is 1. The van der Waals surface area contributed by atoms with Crippen molar-refractivity contribution in [3.63, 3.8) is 0 Å². The number of alkyl halides is 1. The molecule has 0 radical (unpaired) electrons. The van der Waals surface area contributed by atoms with Gasteiger partial charge < -0.3 is 19.9 Å². The molecule has 3 rings (SSSR count). The number of piperidine rings is 1. The molecular weight excluding hydrogens is 341 g/mol. The van der Waals surface area contributed by atoms with Gasteiger partial charge in [-0.15, -0.1) is 0 Å². The molecule has 2 N–H and O–H groups in total. The SMILES string of the molecule is N#Cc1cccc(-n2cnc(NC(=O)C3(F)CCCN(C(=O)O)C3)c2)c1. The molecule has 1 aromatic heterocycles. The Bertz CT molecular complexity index is 891. The number of aromatic nitrogens is 2. The van der Waals surface area contributed by atoms with Crippen LogP contribution in [0.25, 0.3) is 5.69 Å². The van der Waals surface area contributed by atoms with Crippen LogP contribution in [0.4, 0.5) is 15.0 Å². The van der Waals surface area contributed by atoms with Crippen molar-refractivity contribution < 1.29 is 19.1 Å². The summed E-state index contributed by atoms with van der Waals surface area (Å²) in [5, 5.41) is 20.3. The van der Waals surface area contributed by atoms with Gasteiger partial charge in [-0.2, -0.15) is 5.26 Å². The van der Waals surface area contributed by atoms with Gasteiger partial charge in [-0.25, -0.2) is 14.2 Å². The Kier molecular flexibility index (Phi) is 4.58. The summed E-state index contributed by atoms with van der Waals surface area (Å²) in [6.45, 7) is -0.294. The number of rotatable bonds is 3. The third kappa shape index (κ3) is 3.49. The minimum absolute atomic E-state index is 0.0481. The molecule has 1 saturated heterocycles. The maximum Gasteiger partial charge on any atom is 0.407 e. The van der Waals surface area contributed by atoms with E-state index in [1.165, 1.54) is 12.5 Å². The van der Waals surface area contributed by atoms with Gasteiger partial charge in [0.2, 0.25) is 5.67 Å². The van der Waals surface area contributed by atoms with Crippen molar-refractivity contribution in [3.8, 4) is 11.8 Å². The second kappa shape index (κ2) is 6.84. The zero-order chi connectivity index (χ0) is 18.7. The number of benzene rings is 1. The van der Waals surface area contributed by atoms with E-state index in [2.05, 4.69) is 10.3 Å². The lowest BCUT2D eigenvalue weighted by Crippen LogP contribution is -2.53. The molecule has 0 aliphatic carbocycles. The number of carbonyl (C=O) groups is 2. The van der Waals surface area contributed by atoms with Crippen LogP contribution in [0.5, 0.6) is 0 Å². The number of carboxylic acid groups (broad SMARTS) is 1. The molecule has 1 atom stereocenters. The van der Waals surface area contributed by atoms with E-state index in [1.807, 2.05) is 6.07 Å². The number of carbonyl (C=O) groups excluding carboxylic acids is 1. The van der Waals surface area contributed by atoms with Crippen LogP contribution in [0.1, 0.15) is 18.4 Å². The summed E-state index contributed by atoms with van der Waals surface area (Å²) in [6, 6.07) is 8.81. The highest BCUT2D eigenvalue weighted by Gasteiger charge is 2.44. The van der Waals surface area contributed by atoms with Crippen LogP contribution >= 0.6 is 0 Å². The van der Waals surface area contributed by atoms with E-state index >= 15 is 0 Å². The molecule has 9 heteroatoms. The highest BCUT2D eigenvalue weighted by molar-refractivity contribution is 5.97. The Morgan fingerprint density at radius 3 is 2.96 bits per heavy atom. The summed E-state index contributed by atoms with van der Waals surface area (Å²) >= 11 is 0. The van der Waals surface area contributed by atoms with Crippen molar-refractivity contribution in [3.05, 3.63) is 42.4 Å². The molecule has 2 amide bonds. The Morgan fingerprint density at radius 2 is 2.23 bits per heavy atom. The summed E-state index contributed by atoms with van der Waals surface area (Å²) in [4.78, 5) is 28.2. The highest BCUT2D eigenvalue weighted by atomic mass is 19.1. The Morgan fingerprint density at radius 1 is 1.42 bits per heavy atom. The van der Waals surface area contributed by atoms with Crippen LogP contribution in [0, 0.1) is 11.3 Å². The number of likely N-dealkylation sites (tertiary alicyclic amines) is 1. The molecule has 1 aromatic carbocycles. The van der Waals surface area contributed by atoms with Crippen LogP contribution in [0.15, 0.2) is 36.8 Å². The number of halogens is 1. The predicted molar refractivity (Wildman–Crippen MR) is 89.6 cm³/mol. The van der Waals surface area contributed by atoms with E-state index in [1.54, 1.807) is 28.8 Å². The van der Waals surface area contributed by atoms with Gasteiger partial charge in [-0.3, -0.25) is 4.79 Å². The fourth-order valence-corrected chi connectivity index (χ4v) is 2.85. The third-order valence-electron chi connectivity index (χ3n) is 4.22. The lowest BCUT2D eigenvalue weighted by atomic mass is 9.94. The molecule has 2 heterocycles. The Hall–Kier alpha value is -3.41. The third-order valence-corrected chi connectivity index (χ3v) is 4.22. The second-order valence-corrected chi connectivity index (χ2v) is 6.06. The molecule has 26 heavy (non-hydrogen) atoms.